The van der Waals surface area contributed by atoms with Crippen molar-refractivity contribution < 1.29 is 44.5 Å². The van der Waals surface area contributed by atoms with Gasteiger partial charge in [0, 0.05) is 5.56 Å². The molecule has 12 heteroatoms. The van der Waals surface area contributed by atoms with Crippen LogP contribution in [0.5, 0.6) is 0 Å². The molecule has 0 bridgehead atoms. The van der Waals surface area contributed by atoms with Gasteiger partial charge in [-0.25, -0.2) is 4.18 Å². The van der Waals surface area contributed by atoms with E-state index in [9.17, 15) is 21.9 Å². The van der Waals surface area contributed by atoms with E-state index in [2.05, 4.69) is 0 Å². The highest BCUT2D eigenvalue weighted by atomic mass is 32.2. The Kier molecular flexibility index (Phi) is 7.89. The Bertz CT molecular complexity index is 1540. The van der Waals surface area contributed by atoms with Crippen molar-refractivity contribution in [2.75, 3.05) is 6.61 Å². The van der Waals surface area contributed by atoms with Crippen molar-refractivity contribution >= 4 is 20.2 Å². The molecule has 2 aliphatic heterocycles. The maximum atomic E-state index is 13.3. The first-order valence-corrected chi connectivity index (χ1v) is 15.4. The lowest BCUT2D eigenvalue weighted by Crippen LogP contribution is -2.68. The van der Waals surface area contributed by atoms with Gasteiger partial charge < -0.3 is 19.3 Å². The number of benzene rings is 3. The molecule has 214 valence electrons. The van der Waals surface area contributed by atoms with Gasteiger partial charge in [0.2, 0.25) is 5.79 Å². The van der Waals surface area contributed by atoms with Crippen LogP contribution in [0.1, 0.15) is 29.9 Å². The number of ether oxygens (including phenoxy) is 3. The molecule has 1 unspecified atom stereocenters. The average molecular weight is 591 g/mol. The van der Waals surface area contributed by atoms with E-state index in [-0.39, 0.29) is 16.4 Å². The molecule has 10 nitrogen and oxygen atoms in total. The van der Waals surface area contributed by atoms with Gasteiger partial charge >= 0.3 is 0 Å². The summed E-state index contributed by atoms with van der Waals surface area (Å²) < 4.78 is 82.0. The van der Waals surface area contributed by atoms with Crippen LogP contribution in [0.3, 0.4) is 0 Å². The van der Waals surface area contributed by atoms with Crippen LogP contribution in [0.15, 0.2) is 88.7 Å². The van der Waals surface area contributed by atoms with Crippen LogP contribution in [0.4, 0.5) is 0 Å². The summed E-state index contributed by atoms with van der Waals surface area (Å²) in [5, 5.41) is 11.5. The lowest BCUT2D eigenvalue weighted by Gasteiger charge is -2.50. The van der Waals surface area contributed by atoms with Crippen LogP contribution < -0.4 is 0 Å². The highest BCUT2D eigenvalue weighted by Gasteiger charge is 2.59. The Labute approximate surface area is 233 Å². The van der Waals surface area contributed by atoms with E-state index in [0.717, 1.165) is 11.1 Å². The molecular weight excluding hydrogens is 560 g/mol. The molecule has 40 heavy (non-hydrogen) atoms. The Morgan fingerprint density at radius 3 is 1.95 bits per heavy atom. The average Bonchev–Trinajstić information content (AvgIpc) is 2.91. The van der Waals surface area contributed by atoms with Crippen molar-refractivity contribution in [3.63, 3.8) is 0 Å². The molecule has 2 aliphatic rings. The zero-order valence-corrected chi connectivity index (χ0v) is 23.7. The number of hydrogen-bond donors (Lipinski definition) is 1. The molecule has 0 aromatic heterocycles. The van der Waals surface area contributed by atoms with E-state index in [4.69, 9.17) is 22.6 Å². The molecule has 0 aliphatic carbocycles. The largest absolute Gasteiger partial charge is 0.387 e. The van der Waals surface area contributed by atoms with Crippen LogP contribution >= 0.6 is 0 Å². The van der Waals surface area contributed by atoms with Gasteiger partial charge in [0.15, 0.2) is 12.4 Å². The van der Waals surface area contributed by atoms with Gasteiger partial charge in [-0.1, -0.05) is 65.7 Å². The van der Waals surface area contributed by atoms with Crippen LogP contribution in [0.25, 0.3) is 0 Å². The third-order valence-electron chi connectivity index (χ3n) is 6.80. The number of aliphatic hydroxyl groups excluding tert-OH is 1. The van der Waals surface area contributed by atoms with Gasteiger partial charge in [-0.15, -0.1) is 0 Å². The quantitative estimate of drug-likeness (QED) is 0.408. The van der Waals surface area contributed by atoms with Crippen molar-refractivity contribution in [1.29, 1.82) is 0 Å². The monoisotopic (exact) mass is 590 g/mol. The summed E-state index contributed by atoms with van der Waals surface area (Å²) in [4.78, 5) is -0.369. The third kappa shape index (κ3) is 5.85. The first-order valence-electron chi connectivity index (χ1n) is 12.6. The van der Waals surface area contributed by atoms with E-state index in [1.54, 1.807) is 62.4 Å². The predicted octanol–water partition coefficient (Wildman–Crippen LogP) is 3.37. The number of hydrogen-bond acceptors (Lipinski definition) is 10. The zero-order chi connectivity index (χ0) is 28.7. The lowest BCUT2D eigenvalue weighted by atomic mass is 9.93. The molecular formula is C28H30O10S2. The van der Waals surface area contributed by atoms with Crippen LogP contribution in [-0.4, -0.2) is 58.8 Å². The summed E-state index contributed by atoms with van der Waals surface area (Å²) in [6.07, 6.45) is -6.54. The molecule has 0 spiro atoms. The fourth-order valence-electron chi connectivity index (χ4n) is 4.66. The second-order valence-electron chi connectivity index (χ2n) is 9.97. The van der Waals surface area contributed by atoms with E-state index in [1.165, 1.54) is 31.2 Å². The molecule has 2 fully saturated rings. The number of aliphatic hydroxyl groups is 1. The molecule has 3 aromatic rings. The fourth-order valence-corrected chi connectivity index (χ4v) is 6.94. The smallest absolute Gasteiger partial charge is 0.299 e. The van der Waals surface area contributed by atoms with Crippen molar-refractivity contribution in [2.24, 2.45) is 0 Å². The summed E-state index contributed by atoms with van der Waals surface area (Å²) in [5.41, 5.74) is 2.32. The SMILES string of the molecule is Cc1ccc(S(=O)(=O)O[C@@H]2[C@@H](O)[C@H]3OC(c4ccccc4)OC[C@H]3O[C@]2(C)OS(=O)(=O)c2ccc(C)cc2)cc1. The Morgan fingerprint density at radius 1 is 0.825 bits per heavy atom. The highest BCUT2D eigenvalue weighted by molar-refractivity contribution is 7.87. The van der Waals surface area contributed by atoms with Gasteiger partial charge in [-0.2, -0.15) is 16.8 Å². The molecule has 2 heterocycles. The summed E-state index contributed by atoms with van der Waals surface area (Å²) in [7, 11) is -9.01. The molecule has 0 amide bonds. The van der Waals surface area contributed by atoms with Gasteiger partial charge in [0.05, 0.1) is 16.4 Å². The van der Waals surface area contributed by atoms with Crippen LogP contribution in [-0.2, 0) is 42.8 Å². The predicted molar refractivity (Wildman–Crippen MR) is 142 cm³/mol. The molecule has 0 radical (unpaired) electrons. The minimum atomic E-state index is -4.51. The summed E-state index contributed by atoms with van der Waals surface area (Å²) in [5.74, 6) is -2.28. The Balaban J connectivity index is 1.50. The summed E-state index contributed by atoms with van der Waals surface area (Å²) in [6, 6.07) is 20.7. The Morgan fingerprint density at radius 2 is 1.38 bits per heavy atom. The maximum absolute atomic E-state index is 13.3. The first-order chi connectivity index (χ1) is 18.9. The van der Waals surface area contributed by atoms with Crippen molar-refractivity contribution in [1.82, 2.24) is 0 Å². The maximum Gasteiger partial charge on any atom is 0.299 e. The third-order valence-corrected chi connectivity index (χ3v) is 9.51. The minimum absolute atomic E-state index is 0.0950. The van der Waals surface area contributed by atoms with E-state index in [1.807, 2.05) is 6.07 Å². The normalized spacial score (nSPS) is 29.1. The highest BCUT2D eigenvalue weighted by Crippen LogP contribution is 2.42. The molecule has 1 N–H and O–H groups in total. The van der Waals surface area contributed by atoms with Gasteiger partial charge in [-0.05, 0) is 45.0 Å². The van der Waals surface area contributed by atoms with Crippen LogP contribution in [0.2, 0.25) is 0 Å². The van der Waals surface area contributed by atoms with E-state index < -0.39 is 56.7 Å². The van der Waals surface area contributed by atoms with Crippen molar-refractivity contribution in [3.05, 3.63) is 95.6 Å². The fraction of sp³-hybridized carbons (Fsp3) is 0.357. The molecule has 6 atom stereocenters. The number of fused-ring (bicyclic) bond motifs is 1. The number of aryl methyl sites for hydroxylation is 2. The van der Waals surface area contributed by atoms with Gasteiger partial charge in [0.25, 0.3) is 20.2 Å². The van der Waals surface area contributed by atoms with Crippen LogP contribution in [0, 0.1) is 13.8 Å². The van der Waals surface area contributed by atoms with Gasteiger partial charge in [-0.3, -0.25) is 4.18 Å². The van der Waals surface area contributed by atoms with E-state index in [0.29, 0.717) is 5.56 Å². The Hall–Kier alpha value is -2.68. The second-order valence-corrected chi connectivity index (χ2v) is 13.1. The minimum Gasteiger partial charge on any atom is -0.387 e. The molecule has 0 saturated carbocycles. The topological polar surface area (TPSA) is 135 Å². The summed E-state index contributed by atoms with van der Waals surface area (Å²) in [6.45, 7) is 4.70. The molecule has 3 aromatic carbocycles. The first kappa shape index (κ1) is 28.8. The number of rotatable bonds is 7. The summed E-state index contributed by atoms with van der Waals surface area (Å²) >= 11 is 0. The zero-order valence-electron chi connectivity index (χ0n) is 22.0. The molecule has 5 rings (SSSR count). The standard InChI is InChI=1S/C28H30O10S2/c1-18-9-13-21(14-10-18)39(30,31)37-26-24(29)25-23(17-34-27(35-25)20-7-5-4-6-8-20)36-28(26,3)38-40(32,33)22-15-11-19(2)12-16-22/h4-16,23-27,29H,17H2,1-3H3/t23-,24+,25+,26-,27?,28-/m1/s1. The lowest BCUT2D eigenvalue weighted by molar-refractivity contribution is -0.376. The second kappa shape index (κ2) is 11.0. The van der Waals surface area contributed by atoms with Crippen molar-refractivity contribution in [3.8, 4) is 0 Å². The molecule has 2 saturated heterocycles. The van der Waals surface area contributed by atoms with Crippen molar-refractivity contribution in [2.45, 2.75) is 67.1 Å². The van der Waals surface area contributed by atoms with E-state index >= 15 is 0 Å². The van der Waals surface area contributed by atoms with Gasteiger partial charge in [0.1, 0.15) is 18.3 Å².